The molecule has 140 valence electrons. The summed E-state index contributed by atoms with van der Waals surface area (Å²) in [4.78, 5) is 23.2. The Labute approximate surface area is 156 Å². The van der Waals surface area contributed by atoms with Gasteiger partial charge in [-0.05, 0) is 24.1 Å². The van der Waals surface area contributed by atoms with Gasteiger partial charge < -0.3 is 10.6 Å². The Hall–Kier alpha value is -2.87. The van der Waals surface area contributed by atoms with Crippen molar-refractivity contribution in [3.05, 3.63) is 53.7 Å². The van der Waals surface area contributed by atoms with E-state index in [1.54, 1.807) is 29.2 Å². The zero-order valence-corrected chi connectivity index (χ0v) is 14.9. The average molecular weight is 368 g/mol. The number of nitrogens with zero attached hydrogens (tertiary/aromatic N) is 5. The minimum atomic E-state index is -0.324. The van der Waals surface area contributed by atoms with Crippen LogP contribution in [0, 0.1) is 5.82 Å². The van der Waals surface area contributed by atoms with E-state index in [0.717, 1.165) is 23.3 Å². The SMILES string of the molecule is NCCn1nc(C2CCN(C(=O)Cc3cccc(F)c3)C2)c2nccnc21. The fourth-order valence-electron chi connectivity index (χ4n) is 3.62. The molecule has 1 atom stereocenters. The number of likely N-dealkylation sites (tertiary alicyclic amines) is 1. The molecule has 0 aliphatic carbocycles. The van der Waals surface area contributed by atoms with Gasteiger partial charge in [0.2, 0.25) is 5.91 Å². The highest BCUT2D eigenvalue weighted by Crippen LogP contribution is 2.30. The molecule has 4 rings (SSSR count). The number of carbonyl (C=O) groups excluding carboxylic acids is 1. The van der Waals surface area contributed by atoms with Crippen LogP contribution in [0.1, 0.15) is 23.6 Å². The van der Waals surface area contributed by atoms with Crippen molar-refractivity contribution in [2.24, 2.45) is 5.73 Å². The Morgan fingerprint density at radius 1 is 1.30 bits per heavy atom. The lowest BCUT2D eigenvalue weighted by atomic mass is 10.0. The van der Waals surface area contributed by atoms with E-state index in [-0.39, 0.29) is 24.1 Å². The van der Waals surface area contributed by atoms with Crippen LogP contribution in [0.25, 0.3) is 11.2 Å². The molecular weight excluding hydrogens is 347 g/mol. The van der Waals surface area contributed by atoms with E-state index in [1.807, 2.05) is 4.90 Å². The van der Waals surface area contributed by atoms with E-state index < -0.39 is 0 Å². The number of hydrogen-bond donors (Lipinski definition) is 1. The van der Waals surface area contributed by atoms with E-state index >= 15 is 0 Å². The second-order valence-electron chi connectivity index (χ2n) is 6.76. The highest BCUT2D eigenvalue weighted by molar-refractivity contribution is 5.79. The molecule has 1 aliphatic rings. The molecular formula is C19H21FN6O. The van der Waals surface area contributed by atoms with Crippen LogP contribution in [0.3, 0.4) is 0 Å². The first kappa shape index (κ1) is 17.5. The van der Waals surface area contributed by atoms with Crippen molar-refractivity contribution in [1.29, 1.82) is 0 Å². The quantitative estimate of drug-likeness (QED) is 0.737. The molecule has 2 aromatic heterocycles. The summed E-state index contributed by atoms with van der Waals surface area (Å²) in [6.07, 6.45) is 4.32. The summed E-state index contributed by atoms with van der Waals surface area (Å²) in [6, 6.07) is 6.18. The van der Waals surface area contributed by atoms with Crippen LogP contribution in [0.4, 0.5) is 4.39 Å². The van der Waals surface area contributed by atoms with Crippen molar-refractivity contribution >= 4 is 17.1 Å². The number of benzene rings is 1. The van der Waals surface area contributed by atoms with Gasteiger partial charge in [0.1, 0.15) is 11.3 Å². The van der Waals surface area contributed by atoms with E-state index in [9.17, 15) is 9.18 Å². The highest BCUT2D eigenvalue weighted by atomic mass is 19.1. The summed E-state index contributed by atoms with van der Waals surface area (Å²) in [6.45, 7) is 2.28. The van der Waals surface area contributed by atoms with E-state index in [2.05, 4.69) is 15.1 Å². The molecule has 2 N–H and O–H groups in total. The van der Waals surface area contributed by atoms with Crippen molar-refractivity contribution < 1.29 is 9.18 Å². The van der Waals surface area contributed by atoms with Crippen molar-refractivity contribution in [3.63, 3.8) is 0 Å². The normalized spacial score (nSPS) is 17.0. The fourth-order valence-corrected chi connectivity index (χ4v) is 3.62. The molecule has 7 nitrogen and oxygen atoms in total. The second-order valence-corrected chi connectivity index (χ2v) is 6.76. The zero-order valence-electron chi connectivity index (χ0n) is 14.9. The molecule has 1 aliphatic heterocycles. The van der Waals surface area contributed by atoms with Crippen molar-refractivity contribution in [2.75, 3.05) is 19.6 Å². The van der Waals surface area contributed by atoms with Gasteiger partial charge in [0.25, 0.3) is 0 Å². The molecule has 3 heterocycles. The van der Waals surface area contributed by atoms with Crippen LogP contribution in [-0.2, 0) is 17.8 Å². The monoisotopic (exact) mass is 368 g/mol. The highest BCUT2D eigenvalue weighted by Gasteiger charge is 2.31. The molecule has 1 amide bonds. The van der Waals surface area contributed by atoms with Crippen LogP contribution in [-0.4, -0.2) is 50.2 Å². The molecule has 0 radical (unpaired) electrons. The van der Waals surface area contributed by atoms with Gasteiger partial charge in [0.05, 0.1) is 18.7 Å². The van der Waals surface area contributed by atoms with Crippen LogP contribution < -0.4 is 5.73 Å². The first-order valence-corrected chi connectivity index (χ1v) is 9.05. The Bertz CT molecular complexity index is 972. The molecule has 8 heteroatoms. The molecule has 27 heavy (non-hydrogen) atoms. The predicted octanol–water partition coefficient (Wildman–Crippen LogP) is 1.48. The Morgan fingerprint density at radius 3 is 2.96 bits per heavy atom. The number of fused-ring (bicyclic) bond motifs is 1. The van der Waals surface area contributed by atoms with Crippen molar-refractivity contribution in [2.45, 2.75) is 25.3 Å². The van der Waals surface area contributed by atoms with Gasteiger partial charge in [-0.3, -0.25) is 4.79 Å². The van der Waals surface area contributed by atoms with Crippen LogP contribution in [0.2, 0.25) is 0 Å². The third kappa shape index (κ3) is 3.52. The topological polar surface area (TPSA) is 89.9 Å². The fraction of sp³-hybridized carbons (Fsp3) is 0.368. The molecule has 1 saturated heterocycles. The van der Waals surface area contributed by atoms with Gasteiger partial charge in [0, 0.05) is 37.9 Å². The molecule has 3 aromatic rings. The van der Waals surface area contributed by atoms with Gasteiger partial charge in [-0.1, -0.05) is 12.1 Å². The summed E-state index contributed by atoms with van der Waals surface area (Å²) < 4.78 is 15.1. The summed E-state index contributed by atoms with van der Waals surface area (Å²) in [7, 11) is 0. The van der Waals surface area contributed by atoms with Crippen molar-refractivity contribution in [1.82, 2.24) is 24.6 Å². The minimum Gasteiger partial charge on any atom is -0.342 e. The Balaban J connectivity index is 1.51. The van der Waals surface area contributed by atoms with Gasteiger partial charge in [-0.2, -0.15) is 5.10 Å². The van der Waals surface area contributed by atoms with Crippen LogP contribution in [0.15, 0.2) is 36.7 Å². The standard InChI is InChI=1S/C19H21FN6O/c20-15-3-1-2-13(10-15)11-16(27)25-8-4-14(12-25)17-18-19(23-7-6-22-18)26(24-17)9-5-21/h1-3,6-7,10,14H,4-5,8-9,11-12,21H2. The first-order chi connectivity index (χ1) is 13.2. The zero-order chi connectivity index (χ0) is 18.8. The van der Waals surface area contributed by atoms with Crippen molar-refractivity contribution in [3.8, 4) is 0 Å². The number of carbonyl (C=O) groups is 1. The predicted molar refractivity (Wildman–Crippen MR) is 98.4 cm³/mol. The van der Waals surface area contributed by atoms with Crippen LogP contribution >= 0.6 is 0 Å². The number of aromatic nitrogens is 4. The third-order valence-corrected chi connectivity index (χ3v) is 4.91. The second kappa shape index (κ2) is 7.40. The molecule has 1 aromatic carbocycles. The smallest absolute Gasteiger partial charge is 0.227 e. The van der Waals surface area contributed by atoms with E-state index in [1.165, 1.54) is 12.1 Å². The molecule has 1 fully saturated rings. The maximum atomic E-state index is 13.3. The number of halogens is 1. The Morgan fingerprint density at radius 2 is 2.15 bits per heavy atom. The number of hydrogen-bond acceptors (Lipinski definition) is 5. The molecule has 0 bridgehead atoms. The van der Waals surface area contributed by atoms with Gasteiger partial charge in [-0.25, -0.2) is 19.0 Å². The van der Waals surface area contributed by atoms with E-state index in [4.69, 9.17) is 5.73 Å². The van der Waals surface area contributed by atoms with Crippen LogP contribution in [0.5, 0.6) is 0 Å². The van der Waals surface area contributed by atoms with Gasteiger partial charge >= 0.3 is 0 Å². The average Bonchev–Trinajstić information content (AvgIpc) is 3.28. The maximum absolute atomic E-state index is 13.3. The maximum Gasteiger partial charge on any atom is 0.227 e. The minimum absolute atomic E-state index is 0.000111. The Kier molecular flexibility index (Phi) is 4.81. The number of rotatable bonds is 5. The first-order valence-electron chi connectivity index (χ1n) is 9.05. The third-order valence-electron chi connectivity index (χ3n) is 4.91. The largest absolute Gasteiger partial charge is 0.342 e. The van der Waals surface area contributed by atoms with Gasteiger partial charge in [-0.15, -0.1) is 0 Å². The summed E-state index contributed by atoms with van der Waals surface area (Å²) in [5.74, 6) is -0.213. The number of amides is 1. The lowest BCUT2D eigenvalue weighted by molar-refractivity contribution is -0.129. The number of nitrogens with two attached hydrogens (primary N) is 1. The lowest BCUT2D eigenvalue weighted by Gasteiger charge is -2.16. The van der Waals surface area contributed by atoms with Gasteiger partial charge in [0.15, 0.2) is 5.65 Å². The molecule has 1 unspecified atom stereocenters. The summed E-state index contributed by atoms with van der Waals surface area (Å²) >= 11 is 0. The molecule has 0 spiro atoms. The summed E-state index contributed by atoms with van der Waals surface area (Å²) in [5.41, 5.74) is 8.72. The lowest BCUT2D eigenvalue weighted by Crippen LogP contribution is -2.30. The summed E-state index contributed by atoms with van der Waals surface area (Å²) in [5, 5.41) is 4.67. The van der Waals surface area contributed by atoms with E-state index in [0.29, 0.717) is 31.7 Å². The molecule has 0 saturated carbocycles.